The molecule has 0 aromatic rings. The van der Waals surface area contributed by atoms with Gasteiger partial charge in [0.1, 0.15) is 0 Å². The fourth-order valence-corrected chi connectivity index (χ4v) is 0.659. The average Bonchev–Trinajstić information content (AvgIpc) is 1.85. The fraction of sp³-hybridized carbons (Fsp3) is 0.625. The maximum atomic E-state index is 10.2. The van der Waals surface area contributed by atoms with Gasteiger partial charge in [0.2, 0.25) is 0 Å². The lowest BCUT2D eigenvalue weighted by Gasteiger charge is -2.06. The molecule has 0 rings (SSSR count). The monoisotopic (exact) mass is 142 g/mol. The Kier molecular flexibility index (Phi) is 3.77. The molecule has 0 saturated carbocycles. The second-order valence-electron chi connectivity index (χ2n) is 2.54. The number of carboxylic acid groups (broad SMARTS) is 1. The van der Waals surface area contributed by atoms with Gasteiger partial charge in [0.15, 0.2) is 0 Å². The van der Waals surface area contributed by atoms with Gasteiger partial charge in [0.05, 0.1) is 0 Å². The van der Waals surface area contributed by atoms with Crippen molar-refractivity contribution in [2.45, 2.75) is 27.2 Å². The van der Waals surface area contributed by atoms with E-state index in [1.807, 2.05) is 20.8 Å². The zero-order valence-electron chi connectivity index (χ0n) is 6.72. The summed E-state index contributed by atoms with van der Waals surface area (Å²) in [5.74, 6) is -0.464. The van der Waals surface area contributed by atoms with Gasteiger partial charge in [-0.15, -0.1) is 0 Å². The molecule has 1 N–H and O–H groups in total. The molecule has 1 unspecified atom stereocenters. The highest BCUT2D eigenvalue weighted by Crippen LogP contribution is 2.12. The molecular formula is C8H14O2. The van der Waals surface area contributed by atoms with Gasteiger partial charge in [-0.25, -0.2) is 4.79 Å². The smallest absolute Gasteiger partial charge is 0.328 e. The van der Waals surface area contributed by atoms with E-state index < -0.39 is 5.97 Å². The van der Waals surface area contributed by atoms with E-state index in [0.29, 0.717) is 5.92 Å². The minimum absolute atomic E-state index is 0.385. The Morgan fingerprint density at radius 3 is 2.50 bits per heavy atom. The highest BCUT2D eigenvalue weighted by atomic mass is 16.4. The van der Waals surface area contributed by atoms with Gasteiger partial charge >= 0.3 is 5.97 Å². The van der Waals surface area contributed by atoms with Crippen LogP contribution < -0.4 is 0 Å². The quantitative estimate of drug-likeness (QED) is 0.612. The molecule has 2 nitrogen and oxygen atoms in total. The third-order valence-corrected chi connectivity index (χ3v) is 1.74. The first-order valence-electron chi connectivity index (χ1n) is 3.49. The first kappa shape index (κ1) is 9.21. The standard InChI is InChI=1S/C8H14O2/c1-4-6(2)7(3)5-8(9)10/h5-6H,4H2,1-3H3,(H,9,10). The van der Waals surface area contributed by atoms with Gasteiger partial charge in [-0.05, 0) is 19.3 Å². The van der Waals surface area contributed by atoms with Crippen molar-refractivity contribution in [1.29, 1.82) is 0 Å². The minimum Gasteiger partial charge on any atom is -0.478 e. The van der Waals surface area contributed by atoms with Crippen LogP contribution in [-0.4, -0.2) is 11.1 Å². The average molecular weight is 142 g/mol. The van der Waals surface area contributed by atoms with E-state index in [1.54, 1.807) is 0 Å². The zero-order valence-corrected chi connectivity index (χ0v) is 6.72. The molecule has 0 fully saturated rings. The Hall–Kier alpha value is -0.790. The molecule has 0 aromatic heterocycles. The lowest BCUT2D eigenvalue weighted by molar-refractivity contribution is -0.131. The summed E-state index contributed by atoms with van der Waals surface area (Å²) in [4.78, 5) is 10.2. The van der Waals surface area contributed by atoms with E-state index in [4.69, 9.17) is 5.11 Å². The van der Waals surface area contributed by atoms with Crippen molar-refractivity contribution in [3.8, 4) is 0 Å². The fourth-order valence-electron chi connectivity index (χ4n) is 0.659. The van der Waals surface area contributed by atoms with Crippen LogP contribution in [0.2, 0.25) is 0 Å². The van der Waals surface area contributed by atoms with E-state index in [1.165, 1.54) is 6.08 Å². The number of hydrogen-bond donors (Lipinski definition) is 1. The van der Waals surface area contributed by atoms with Gasteiger partial charge in [-0.1, -0.05) is 19.4 Å². The molecule has 0 aliphatic carbocycles. The minimum atomic E-state index is -0.849. The number of carboxylic acids is 1. The molecule has 1 atom stereocenters. The van der Waals surface area contributed by atoms with Gasteiger partial charge in [-0.3, -0.25) is 0 Å². The van der Waals surface area contributed by atoms with Crippen molar-refractivity contribution < 1.29 is 9.90 Å². The maximum Gasteiger partial charge on any atom is 0.328 e. The lowest BCUT2D eigenvalue weighted by atomic mass is 10.00. The molecule has 0 radical (unpaired) electrons. The van der Waals surface area contributed by atoms with Crippen molar-refractivity contribution in [2.24, 2.45) is 5.92 Å². The van der Waals surface area contributed by atoms with Crippen molar-refractivity contribution in [2.75, 3.05) is 0 Å². The van der Waals surface area contributed by atoms with E-state index >= 15 is 0 Å². The van der Waals surface area contributed by atoms with Gasteiger partial charge in [-0.2, -0.15) is 0 Å². The normalized spacial score (nSPS) is 14.9. The number of hydrogen-bond acceptors (Lipinski definition) is 1. The first-order chi connectivity index (χ1) is 4.57. The van der Waals surface area contributed by atoms with Crippen LogP contribution >= 0.6 is 0 Å². The van der Waals surface area contributed by atoms with Crippen molar-refractivity contribution in [3.63, 3.8) is 0 Å². The van der Waals surface area contributed by atoms with Gasteiger partial charge in [0, 0.05) is 6.08 Å². The van der Waals surface area contributed by atoms with E-state index in [2.05, 4.69) is 0 Å². The molecule has 2 heteroatoms. The SMILES string of the molecule is CCC(C)C(C)=CC(=O)O. The largest absolute Gasteiger partial charge is 0.478 e. The van der Waals surface area contributed by atoms with Crippen LogP contribution in [0.4, 0.5) is 0 Å². The number of aliphatic carboxylic acids is 1. The predicted octanol–water partition coefficient (Wildman–Crippen LogP) is 2.06. The summed E-state index contributed by atoms with van der Waals surface area (Å²) in [6.45, 7) is 5.92. The van der Waals surface area contributed by atoms with Crippen LogP contribution in [0.1, 0.15) is 27.2 Å². The summed E-state index contributed by atoms with van der Waals surface area (Å²) < 4.78 is 0. The Bertz CT molecular complexity index is 147. The van der Waals surface area contributed by atoms with Crippen LogP contribution in [0.15, 0.2) is 11.6 Å². The van der Waals surface area contributed by atoms with E-state index in [-0.39, 0.29) is 0 Å². The molecule has 0 aromatic carbocycles. The summed E-state index contributed by atoms with van der Waals surface area (Å²) in [6.07, 6.45) is 2.27. The molecule has 0 bridgehead atoms. The summed E-state index contributed by atoms with van der Waals surface area (Å²) in [7, 11) is 0. The second kappa shape index (κ2) is 4.09. The molecule has 58 valence electrons. The van der Waals surface area contributed by atoms with Crippen LogP contribution in [-0.2, 0) is 4.79 Å². The molecule has 0 aliphatic rings. The van der Waals surface area contributed by atoms with Gasteiger partial charge < -0.3 is 5.11 Å². The Labute approximate surface area is 61.6 Å². The van der Waals surface area contributed by atoms with Crippen molar-refractivity contribution in [3.05, 3.63) is 11.6 Å². The van der Waals surface area contributed by atoms with Crippen LogP contribution in [0, 0.1) is 5.92 Å². The highest BCUT2D eigenvalue weighted by molar-refractivity contribution is 5.80. The van der Waals surface area contributed by atoms with Crippen molar-refractivity contribution in [1.82, 2.24) is 0 Å². The summed E-state index contributed by atoms with van der Waals surface area (Å²) in [5.41, 5.74) is 0.940. The number of rotatable bonds is 3. The van der Waals surface area contributed by atoms with Crippen LogP contribution in [0.25, 0.3) is 0 Å². The highest BCUT2D eigenvalue weighted by Gasteiger charge is 2.01. The number of allylic oxidation sites excluding steroid dienone is 1. The molecular weight excluding hydrogens is 128 g/mol. The topological polar surface area (TPSA) is 37.3 Å². The molecule has 10 heavy (non-hydrogen) atoms. The van der Waals surface area contributed by atoms with Crippen LogP contribution in [0.3, 0.4) is 0 Å². The molecule has 0 heterocycles. The molecule has 0 saturated heterocycles. The molecule has 0 spiro atoms. The van der Waals surface area contributed by atoms with Crippen LogP contribution in [0.5, 0.6) is 0 Å². The molecule has 0 amide bonds. The maximum absolute atomic E-state index is 10.2. The third-order valence-electron chi connectivity index (χ3n) is 1.74. The summed E-state index contributed by atoms with van der Waals surface area (Å²) in [6, 6.07) is 0. The lowest BCUT2D eigenvalue weighted by Crippen LogP contribution is -1.97. The number of carbonyl (C=O) groups is 1. The third kappa shape index (κ3) is 3.28. The first-order valence-corrected chi connectivity index (χ1v) is 3.49. The second-order valence-corrected chi connectivity index (χ2v) is 2.54. The van der Waals surface area contributed by atoms with Crippen molar-refractivity contribution >= 4 is 5.97 Å². The van der Waals surface area contributed by atoms with E-state index in [9.17, 15) is 4.79 Å². The Balaban J connectivity index is 4.04. The molecule has 0 aliphatic heterocycles. The Morgan fingerprint density at radius 2 is 2.20 bits per heavy atom. The summed E-state index contributed by atoms with van der Waals surface area (Å²) in [5, 5.41) is 8.35. The summed E-state index contributed by atoms with van der Waals surface area (Å²) >= 11 is 0. The van der Waals surface area contributed by atoms with Gasteiger partial charge in [0.25, 0.3) is 0 Å². The Morgan fingerprint density at radius 1 is 1.70 bits per heavy atom. The zero-order chi connectivity index (χ0) is 8.15. The van der Waals surface area contributed by atoms with E-state index in [0.717, 1.165) is 12.0 Å². The predicted molar refractivity (Wildman–Crippen MR) is 40.8 cm³/mol.